The highest BCUT2D eigenvalue weighted by atomic mass is 32.2. The maximum atomic E-state index is 12.8. The lowest BCUT2D eigenvalue weighted by Gasteiger charge is -2.15. The molecular formula is C25H31N5O6S2. The van der Waals surface area contributed by atoms with Crippen molar-refractivity contribution >= 4 is 45.9 Å². The van der Waals surface area contributed by atoms with E-state index < -0.39 is 5.97 Å². The molecule has 13 heteroatoms. The van der Waals surface area contributed by atoms with Gasteiger partial charge in [0.2, 0.25) is 5.91 Å². The first-order valence-electron chi connectivity index (χ1n) is 11.7. The number of methoxy groups -OCH3 is 2. The number of benzene rings is 1. The van der Waals surface area contributed by atoms with E-state index in [0.29, 0.717) is 33.7 Å². The Hall–Kier alpha value is -3.58. The summed E-state index contributed by atoms with van der Waals surface area (Å²) >= 11 is 2.25. The van der Waals surface area contributed by atoms with Crippen LogP contribution < -0.4 is 14.8 Å². The van der Waals surface area contributed by atoms with Gasteiger partial charge in [0.1, 0.15) is 16.5 Å². The van der Waals surface area contributed by atoms with Gasteiger partial charge in [-0.1, -0.05) is 11.8 Å². The number of ether oxygens (including phenoxy) is 3. The maximum Gasteiger partial charge on any atom is 0.341 e. The first kappa shape index (κ1) is 29.0. The molecule has 2 heterocycles. The Bertz CT molecular complexity index is 1300. The molecule has 38 heavy (non-hydrogen) atoms. The first-order valence-corrected chi connectivity index (χ1v) is 13.5. The van der Waals surface area contributed by atoms with Crippen LogP contribution in [0, 0.1) is 6.92 Å². The van der Waals surface area contributed by atoms with Crippen molar-refractivity contribution in [2.45, 2.75) is 38.6 Å². The van der Waals surface area contributed by atoms with E-state index in [4.69, 9.17) is 14.2 Å². The van der Waals surface area contributed by atoms with Crippen LogP contribution in [0.2, 0.25) is 0 Å². The number of rotatable bonds is 11. The van der Waals surface area contributed by atoms with Crippen LogP contribution in [-0.2, 0) is 16.1 Å². The third kappa shape index (κ3) is 6.45. The summed E-state index contributed by atoms with van der Waals surface area (Å²) in [5.41, 5.74) is 0.634. The van der Waals surface area contributed by atoms with E-state index in [2.05, 4.69) is 15.5 Å². The average Bonchev–Trinajstić information content (AvgIpc) is 3.47. The number of hydrogen-bond acceptors (Lipinski definition) is 10. The Morgan fingerprint density at radius 1 is 1.13 bits per heavy atom. The molecule has 0 fully saturated rings. The van der Waals surface area contributed by atoms with Crippen molar-refractivity contribution in [3.8, 4) is 11.5 Å². The van der Waals surface area contributed by atoms with Gasteiger partial charge >= 0.3 is 5.97 Å². The Labute approximate surface area is 229 Å². The minimum Gasteiger partial charge on any atom is -0.497 e. The van der Waals surface area contributed by atoms with E-state index in [1.807, 2.05) is 42.7 Å². The predicted octanol–water partition coefficient (Wildman–Crippen LogP) is 4.04. The molecule has 0 radical (unpaired) electrons. The lowest BCUT2D eigenvalue weighted by Crippen LogP contribution is -2.21. The molecule has 2 amide bonds. The fourth-order valence-electron chi connectivity index (χ4n) is 3.57. The van der Waals surface area contributed by atoms with E-state index in [1.54, 1.807) is 28.1 Å². The summed E-state index contributed by atoms with van der Waals surface area (Å²) in [5, 5.41) is 12.1. The molecule has 1 atom stereocenters. The van der Waals surface area contributed by atoms with Gasteiger partial charge in [-0.15, -0.1) is 21.5 Å². The van der Waals surface area contributed by atoms with E-state index in [9.17, 15) is 14.4 Å². The quantitative estimate of drug-likeness (QED) is 0.273. The number of esters is 1. The normalized spacial score (nSPS) is 11.6. The molecule has 0 aliphatic rings. The summed E-state index contributed by atoms with van der Waals surface area (Å²) in [6, 6.07) is 7.25. The highest BCUT2D eigenvalue weighted by Gasteiger charge is 2.27. The summed E-state index contributed by atoms with van der Waals surface area (Å²) in [5.74, 6) is 0.788. The zero-order valence-corrected chi connectivity index (χ0v) is 24.0. The van der Waals surface area contributed by atoms with Gasteiger partial charge in [-0.3, -0.25) is 9.59 Å². The van der Waals surface area contributed by atoms with Crippen molar-refractivity contribution in [3.63, 3.8) is 0 Å². The number of carbonyl (C=O) groups excluding carboxylic acids is 3. The molecule has 11 nitrogen and oxygen atoms in total. The van der Waals surface area contributed by atoms with Crippen LogP contribution in [0.5, 0.6) is 11.5 Å². The van der Waals surface area contributed by atoms with Crippen LogP contribution >= 0.6 is 23.1 Å². The van der Waals surface area contributed by atoms with E-state index in [0.717, 1.165) is 17.1 Å². The minimum absolute atomic E-state index is 0.0143. The van der Waals surface area contributed by atoms with Gasteiger partial charge in [0.05, 0.1) is 30.4 Å². The van der Waals surface area contributed by atoms with Gasteiger partial charge < -0.3 is 29.0 Å². The highest BCUT2D eigenvalue weighted by molar-refractivity contribution is 7.99. The maximum absolute atomic E-state index is 12.8. The highest BCUT2D eigenvalue weighted by Crippen LogP contribution is 2.34. The van der Waals surface area contributed by atoms with Gasteiger partial charge in [0.15, 0.2) is 17.1 Å². The summed E-state index contributed by atoms with van der Waals surface area (Å²) in [7, 11) is 6.10. The van der Waals surface area contributed by atoms with Crippen molar-refractivity contribution in [1.82, 2.24) is 19.7 Å². The standard InChI is InChI=1S/C25H31N5O6S2/c1-8-30-21(15(3)36-17-11-9-16(34-6)10-12-17)27-28-25(30)37-13-18(31)26-22-19(24(33)35-7)14(2)20(38-22)23(32)29(4)5/h9-12,15H,8,13H2,1-7H3,(H,26,31). The molecule has 1 aromatic carbocycles. The topological polar surface area (TPSA) is 125 Å². The number of hydrogen-bond donors (Lipinski definition) is 1. The molecule has 0 saturated heterocycles. The number of thiophene rings is 1. The zero-order chi connectivity index (χ0) is 28.0. The third-order valence-electron chi connectivity index (χ3n) is 5.52. The van der Waals surface area contributed by atoms with Crippen LogP contribution in [-0.4, -0.2) is 71.5 Å². The molecule has 204 valence electrons. The molecule has 0 bridgehead atoms. The molecule has 3 rings (SSSR count). The lowest BCUT2D eigenvalue weighted by molar-refractivity contribution is -0.113. The fourth-order valence-corrected chi connectivity index (χ4v) is 5.61. The number of anilines is 1. The fraction of sp³-hybridized carbons (Fsp3) is 0.400. The average molecular weight is 562 g/mol. The third-order valence-corrected chi connectivity index (χ3v) is 7.68. The Morgan fingerprint density at radius 3 is 2.37 bits per heavy atom. The molecule has 3 aromatic rings. The van der Waals surface area contributed by atoms with E-state index >= 15 is 0 Å². The minimum atomic E-state index is -0.624. The van der Waals surface area contributed by atoms with Gasteiger partial charge in [0, 0.05) is 20.6 Å². The number of nitrogens with one attached hydrogen (secondary N) is 1. The predicted molar refractivity (Wildman–Crippen MR) is 145 cm³/mol. The zero-order valence-electron chi connectivity index (χ0n) is 22.4. The van der Waals surface area contributed by atoms with E-state index in [-0.39, 0.29) is 34.2 Å². The second kappa shape index (κ2) is 12.8. The van der Waals surface area contributed by atoms with Gasteiger partial charge in [0.25, 0.3) is 5.91 Å². The number of nitrogens with zero attached hydrogens (tertiary/aromatic N) is 4. The molecule has 2 aromatic heterocycles. The van der Waals surface area contributed by atoms with Crippen molar-refractivity contribution < 1.29 is 28.6 Å². The van der Waals surface area contributed by atoms with Gasteiger partial charge in [-0.25, -0.2) is 4.79 Å². The Morgan fingerprint density at radius 2 is 1.79 bits per heavy atom. The molecule has 0 spiro atoms. The summed E-state index contributed by atoms with van der Waals surface area (Å²) in [6.07, 6.45) is -0.386. The first-order chi connectivity index (χ1) is 18.1. The second-order valence-electron chi connectivity index (χ2n) is 8.31. The summed E-state index contributed by atoms with van der Waals surface area (Å²) in [4.78, 5) is 39.6. The molecule has 1 N–H and O–H groups in total. The van der Waals surface area contributed by atoms with Crippen molar-refractivity contribution in [1.29, 1.82) is 0 Å². The van der Waals surface area contributed by atoms with Crippen LogP contribution in [0.4, 0.5) is 5.00 Å². The van der Waals surface area contributed by atoms with Crippen LogP contribution in [0.3, 0.4) is 0 Å². The number of amides is 2. The van der Waals surface area contributed by atoms with Crippen molar-refractivity contribution in [3.05, 3.63) is 46.1 Å². The number of carbonyl (C=O) groups is 3. The van der Waals surface area contributed by atoms with E-state index in [1.165, 1.54) is 23.8 Å². The van der Waals surface area contributed by atoms with Crippen LogP contribution in [0.25, 0.3) is 0 Å². The summed E-state index contributed by atoms with van der Waals surface area (Å²) in [6.45, 7) is 6.07. The SMILES string of the molecule is CCn1c(SCC(=O)Nc2sc(C(=O)N(C)C)c(C)c2C(=O)OC)nnc1C(C)Oc1ccc(OC)cc1. The number of aromatic nitrogens is 3. The van der Waals surface area contributed by atoms with Gasteiger partial charge in [-0.2, -0.15) is 0 Å². The Kier molecular flexibility index (Phi) is 9.75. The molecule has 1 unspecified atom stereocenters. The summed E-state index contributed by atoms with van der Waals surface area (Å²) < 4.78 is 18.0. The van der Waals surface area contributed by atoms with Crippen molar-refractivity contribution in [2.75, 3.05) is 39.4 Å². The smallest absolute Gasteiger partial charge is 0.341 e. The monoisotopic (exact) mass is 561 g/mol. The molecule has 0 aliphatic carbocycles. The second-order valence-corrected chi connectivity index (χ2v) is 10.3. The van der Waals surface area contributed by atoms with Crippen molar-refractivity contribution in [2.24, 2.45) is 0 Å². The Balaban J connectivity index is 1.71. The lowest BCUT2D eigenvalue weighted by atomic mass is 10.1. The van der Waals surface area contributed by atoms with Crippen LogP contribution in [0.15, 0.2) is 29.4 Å². The van der Waals surface area contributed by atoms with Crippen LogP contribution in [0.1, 0.15) is 51.4 Å². The molecule has 0 aliphatic heterocycles. The molecular weight excluding hydrogens is 530 g/mol. The number of thioether (sulfide) groups is 1. The molecule has 0 saturated carbocycles. The largest absolute Gasteiger partial charge is 0.497 e. The van der Waals surface area contributed by atoms with Gasteiger partial charge in [-0.05, 0) is 50.6 Å².